The van der Waals surface area contributed by atoms with Gasteiger partial charge >= 0.3 is 0 Å². The lowest BCUT2D eigenvalue weighted by atomic mass is 10.0. The monoisotopic (exact) mass is 395 g/mol. The first-order valence-electron chi connectivity index (χ1n) is 8.72. The van der Waals surface area contributed by atoms with E-state index in [2.05, 4.69) is 22.7 Å². The highest BCUT2D eigenvalue weighted by Gasteiger charge is 2.22. The van der Waals surface area contributed by atoms with Crippen LogP contribution in [0.15, 0.2) is 33.7 Å². The van der Waals surface area contributed by atoms with Gasteiger partial charge in [0.1, 0.15) is 5.76 Å². The highest BCUT2D eigenvalue weighted by atomic mass is 35.5. The van der Waals surface area contributed by atoms with Gasteiger partial charge in [0.15, 0.2) is 0 Å². The Hall–Kier alpha value is -1.50. The number of carbonyl (C=O) groups excluding carboxylic acids is 1. The minimum Gasteiger partial charge on any atom is -0.361 e. The fourth-order valence-electron chi connectivity index (χ4n) is 3.16. The first-order chi connectivity index (χ1) is 12.0. The molecule has 7 heteroatoms. The van der Waals surface area contributed by atoms with E-state index in [0.717, 1.165) is 52.6 Å². The summed E-state index contributed by atoms with van der Waals surface area (Å²) in [6.45, 7) is 6.98. The van der Waals surface area contributed by atoms with Gasteiger partial charge in [0, 0.05) is 28.3 Å². The van der Waals surface area contributed by atoms with Crippen molar-refractivity contribution in [3.05, 3.63) is 46.8 Å². The third kappa shape index (κ3) is 5.02. The molecule has 0 saturated carbocycles. The number of rotatable bonds is 5. The molecule has 0 spiro atoms. The molecule has 2 unspecified atom stereocenters. The van der Waals surface area contributed by atoms with Gasteiger partial charge in [0.05, 0.1) is 11.3 Å². The zero-order chi connectivity index (χ0) is 17.8. The van der Waals surface area contributed by atoms with Gasteiger partial charge in [-0.3, -0.25) is 4.79 Å². The Morgan fingerprint density at radius 2 is 2.15 bits per heavy atom. The standard InChI is InChI=1S/C19H25N3O2S.ClH/c1-12-10-15(8-9-20-12)21-19(23)16-6-4-5-7-18(16)25-11-17-13(2)22-24-14(17)3;/h4-7,12,15,20H,8-11H2,1-3H3,(H,21,23);1H. The minimum atomic E-state index is 0. The van der Waals surface area contributed by atoms with Crippen LogP contribution in [-0.2, 0) is 5.75 Å². The van der Waals surface area contributed by atoms with Crippen LogP contribution >= 0.6 is 24.2 Å². The Bertz CT molecular complexity index is 731. The molecule has 1 fully saturated rings. The zero-order valence-electron chi connectivity index (χ0n) is 15.4. The van der Waals surface area contributed by atoms with E-state index in [1.807, 2.05) is 38.1 Å². The number of nitrogens with one attached hydrogen (secondary N) is 2. The summed E-state index contributed by atoms with van der Waals surface area (Å²) < 4.78 is 5.22. The number of amides is 1. The number of halogens is 1. The quantitative estimate of drug-likeness (QED) is 0.752. The molecule has 2 heterocycles. The van der Waals surface area contributed by atoms with E-state index < -0.39 is 0 Å². The Morgan fingerprint density at radius 3 is 2.85 bits per heavy atom. The van der Waals surface area contributed by atoms with Gasteiger partial charge < -0.3 is 15.2 Å². The molecule has 1 aliphatic heterocycles. The van der Waals surface area contributed by atoms with Crippen molar-refractivity contribution in [2.75, 3.05) is 6.54 Å². The molecule has 142 valence electrons. The smallest absolute Gasteiger partial charge is 0.252 e. The largest absolute Gasteiger partial charge is 0.361 e. The molecule has 2 aromatic rings. The summed E-state index contributed by atoms with van der Waals surface area (Å²) in [5.41, 5.74) is 2.76. The minimum absolute atomic E-state index is 0. The van der Waals surface area contributed by atoms with Gasteiger partial charge in [-0.25, -0.2) is 0 Å². The van der Waals surface area contributed by atoms with Gasteiger partial charge in [0.25, 0.3) is 5.91 Å². The molecule has 0 aliphatic carbocycles. The van der Waals surface area contributed by atoms with E-state index in [4.69, 9.17) is 4.52 Å². The molecule has 2 atom stereocenters. The van der Waals surface area contributed by atoms with Gasteiger partial charge in [-0.15, -0.1) is 24.2 Å². The number of nitrogens with zero attached hydrogens (tertiary/aromatic N) is 1. The molecule has 1 aromatic heterocycles. The van der Waals surface area contributed by atoms with Gasteiger partial charge in [-0.05, 0) is 52.3 Å². The SMILES string of the molecule is Cc1noc(C)c1CSc1ccccc1C(=O)NC1CCNC(C)C1.Cl. The van der Waals surface area contributed by atoms with E-state index in [1.54, 1.807) is 11.8 Å². The maximum absolute atomic E-state index is 12.8. The first kappa shape index (κ1) is 20.8. The lowest BCUT2D eigenvalue weighted by Gasteiger charge is -2.28. The summed E-state index contributed by atoms with van der Waals surface area (Å²) in [4.78, 5) is 13.7. The van der Waals surface area contributed by atoms with Crippen LogP contribution in [0.4, 0.5) is 0 Å². The highest BCUT2D eigenvalue weighted by molar-refractivity contribution is 7.98. The maximum atomic E-state index is 12.8. The summed E-state index contributed by atoms with van der Waals surface area (Å²) in [5, 5.41) is 10.6. The fourth-order valence-corrected chi connectivity index (χ4v) is 4.37. The Morgan fingerprint density at radius 1 is 1.38 bits per heavy atom. The molecule has 1 aliphatic rings. The molecular weight excluding hydrogens is 370 g/mol. The average molecular weight is 396 g/mol. The van der Waals surface area contributed by atoms with E-state index in [0.29, 0.717) is 6.04 Å². The number of hydrogen-bond acceptors (Lipinski definition) is 5. The third-order valence-electron chi connectivity index (χ3n) is 4.64. The van der Waals surface area contributed by atoms with Crippen LogP contribution in [-0.4, -0.2) is 29.7 Å². The number of piperidine rings is 1. The van der Waals surface area contributed by atoms with Crippen molar-refractivity contribution in [2.45, 2.75) is 56.3 Å². The molecule has 0 bridgehead atoms. The van der Waals surface area contributed by atoms with Crippen molar-refractivity contribution in [3.8, 4) is 0 Å². The number of carbonyl (C=O) groups is 1. The lowest BCUT2D eigenvalue weighted by Crippen LogP contribution is -2.46. The van der Waals surface area contributed by atoms with Crippen molar-refractivity contribution in [2.24, 2.45) is 0 Å². The Balaban J connectivity index is 0.00000243. The predicted molar refractivity (Wildman–Crippen MR) is 107 cm³/mol. The van der Waals surface area contributed by atoms with Crippen LogP contribution in [0, 0.1) is 13.8 Å². The van der Waals surface area contributed by atoms with Gasteiger partial charge in [-0.1, -0.05) is 17.3 Å². The normalized spacial score (nSPS) is 19.7. The Kier molecular flexibility index (Phi) is 7.55. The molecule has 3 rings (SSSR count). The van der Waals surface area contributed by atoms with Crippen LogP contribution in [0.3, 0.4) is 0 Å². The number of hydrogen-bond donors (Lipinski definition) is 2. The van der Waals surface area contributed by atoms with Crippen molar-refractivity contribution in [1.82, 2.24) is 15.8 Å². The molecule has 0 radical (unpaired) electrons. The molecule has 2 N–H and O–H groups in total. The summed E-state index contributed by atoms with van der Waals surface area (Å²) in [6.07, 6.45) is 1.95. The van der Waals surface area contributed by atoms with Crippen LogP contribution in [0.1, 0.15) is 47.1 Å². The number of aryl methyl sites for hydroxylation is 2. The second kappa shape index (κ2) is 9.44. The lowest BCUT2D eigenvalue weighted by molar-refractivity contribution is 0.0922. The summed E-state index contributed by atoms with van der Waals surface area (Å²) in [7, 11) is 0. The Labute approximate surface area is 165 Å². The topological polar surface area (TPSA) is 67.2 Å². The number of thioether (sulfide) groups is 1. The molecule has 26 heavy (non-hydrogen) atoms. The third-order valence-corrected chi connectivity index (χ3v) is 5.74. The van der Waals surface area contributed by atoms with Crippen LogP contribution in [0.2, 0.25) is 0 Å². The average Bonchev–Trinajstić information content (AvgIpc) is 2.91. The van der Waals surface area contributed by atoms with Crippen LogP contribution < -0.4 is 10.6 Å². The molecule has 1 aromatic carbocycles. The van der Waals surface area contributed by atoms with E-state index in [-0.39, 0.29) is 24.4 Å². The predicted octanol–water partition coefficient (Wildman–Crippen LogP) is 3.88. The van der Waals surface area contributed by atoms with Crippen LogP contribution in [0.5, 0.6) is 0 Å². The fraction of sp³-hybridized carbons (Fsp3) is 0.474. The molecule has 1 saturated heterocycles. The van der Waals surface area contributed by atoms with E-state index in [1.165, 1.54) is 0 Å². The molecular formula is C19H26ClN3O2S. The van der Waals surface area contributed by atoms with Gasteiger partial charge in [-0.2, -0.15) is 0 Å². The number of benzene rings is 1. The molecule has 1 amide bonds. The highest BCUT2D eigenvalue weighted by Crippen LogP contribution is 2.29. The summed E-state index contributed by atoms with van der Waals surface area (Å²) in [6, 6.07) is 8.48. The maximum Gasteiger partial charge on any atom is 0.252 e. The molecule has 5 nitrogen and oxygen atoms in total. The van der Waals surface area contributed by atoms with Gasteiger partial charge in [0.2, 0.25) is 0 Å². The van der Waals surface area contributed by atoms with Crippen molar-refractivity contribution in [3.63, 3.8) is 0 Å². The summed E-state index contributed by atoms with van der Waals surface area (Å²) >= 11 is 1.65. The summed E-state index contributed by atoms with van der Waals surface area (Å²) in [5.74, 6) is 1.60. The van der Waals surface area contributed by atoms with E-state index in [9.17, 15) is 4.79 Å². The van der Waals surface area contributed by atoms with Crippen molar-refractivity contribution < 1.29 is 9.32 Å². The van der Waals surface area contributed by atoms with Crippen molar-refractivity contribution >= 4 is 30.1 Å². The second-order valence-electron chi connectivity index (χ2n) is 6.64. The first-order valence-corrected chi connectivity index (χ1v) is 9.71. The second-order valence-corrected chi connectivity index (χ2v) is 7.65. The van der Waals surface area contributed by atoms with Crippen molar-refractivity contribution in [1.29, 1.82) is 0 Å². The van der Waals surface area contributed by atoms with Crippen LogP contribution in [0.25, 0.3) is 0 Å². The zero-order valence-corrected chi connectivity index (χ0v) is 17.0. The van der Waals surface area contributed by atoms with E-state index >= 15 is 0 Å². The number of aromatic nitrogens is 1.